The van der Waals surface area contributed by atoms with Crippen LogP contribution in [-0.4, -0.2) is 9.55 Å². The highest BCUT2D eigenvalue weighted by Gasteiger charge is 2.15. The van der Waals surface area contributed by atoms with Gasteiger partial charge in [0.1, 0.15) is 17.4 Å². The topological polar surface area (TPSA) is 41.6 Å². The average Bonchev–Trinajstić information content (AvgIpc) is 2.88. The van der Waals surface area contributed by atoms with E-state index in [0.717, 1.165) is 15.7 Å². The molecule has 0 unspecified atom stereocenters. The summed E-state index contributed by atoms with van der Waals surface area (Å²) in [5, 5.41) is 9.84. The molecule has 0 aliphatic rings. The molecule has 3 nitrogen and oxygen atoms in total. The third-order valence-electron chi connectivity index (χ3n) is 3.16. The summed E-state index contributed by atoms with van der Waals surface area (Å²) in [6, 6.07) is 13.3. The number of imidazole rings is 1. The fourth-order valence-corrected chi connectivity index (χ4v) is 2.90. The number of rotatable bonds is 2. The van der Waals surface area contributed by atoms with Gasteiger partial charge in [0.2, 0.25) is 0 Å². The number of nitriles is 1. The molecule has 0 saturated heterocycles. The Hall–Kier alpha value is -1.54. The van der Waals surface area contributed by atoms with Crippen molar-refractivity contribution in [2.75, 3.05) is 0 Å². The second-order valence-electron chi connectivity index (χ2n) is 4.38. The zero-order valence-electron chi connectivity index (χ0n) is 10.6. The lowest BCUT2D eigenvalue weighted by atomic mass is 10.2. The number of hydrogen-bond acceptors (Lipinski definition) is 2. The summed E-state index contributed by atoms with van der Waals surface area (Å²) in [6.45, 7) is 0. The molecule has 0 amide bonds. The molecule has 0 fully saturated rings. The standard InChI is InChI=1S/C15H8BrCl2N3/c16-11-6-10(4-5-12(11)18)21-13-3-1-2-9(8-19)15(13)20-14(21)7-17/h1-6H,7H2. The molecule has 0 N–H and O–H groups in total. The molecule has 21 heavy (non-hydrogen) atoms. The maximum Gasteiger partial charge on any atom is 0.129 e. The van der Waals surface area contributed by atoms with E-state index in [1.54, 1.807) is 12.1 Å². The zero-order chi connectivity index (χ0) is 15.0. The average molecular weight is 381 g/mol. The SMILES string of the molecule is N#Cc1cccc2c1nc(CCl)n2-c1ccc(Cl)c(Br)c1. The summed E-state index contributed by atoms with van der Waals surface area (Å²) in [5.41, 5.74) is 2.92. The fourth-order valence-electron chi connectivity index (χ4n) is 2.24. The van der Waals surface area contributed by atoms with Gasteiger partial charge in [-0.2, -0.15) is 5.26 Å². The Bertz CT molecular complexity index is 880. The van der Waals surface area contributed by atoms with E-state index in [9.17, 15) is 5.26 Å². The summed E-state index contributed by atoms with van der Waals surface area (Å²) in [7, 11) is 0. The van der Waals surface area contributed by atoms with Crippen molar-refractivity contribution in [2.45, 2.75) is 5.88 Å². The normalized spacial score (nSPS) is 10.8. The van der Waals surface area contributed by atoms with Crippen LogP contribution in [0.5, 0.6) is 0 Å². The van der Waals surface area contributed by atoms with Crippen molar-refractivity contribution in [3.8, 4) is 11.8 Å². The molecule has 0 saturated carbocycles. The van der Waals surface area contributed by atoms with Crippen LogP contribution in [0.2, 0.25) is 5.02 Å². The number of benzene rings is 2. The first-order chi connectivity index (χ1) is 10.2. The number of fused-ring (bicyclic) bond motifs is 1. The maximum absolute atomic E-state index is 9.20. The predicted molar refractivity (Wildman–Crippen MR) is 88.1 cm³/mol. The van der Waals surface area contributed by atoms with Crippen molar-refractivity contribution >= 4 is 50.2 Å². The van der Waals surface area contributed by atoms with Crippen molar-refractivity contribution in [3.05, 3.63) is 57.3 Å². The number of aromatic nitrogens is 2. The molecule has 0 spiro atoms. The first-order valence-electron chi connectivity index (χ1n) is 6.07. The molecule has 0 atom stereocenters. The smallest absolute Gasteiger partial charge is 0.129 e. The molecule has 1 heterocycles. The van der Waals surface area contributed by atoms with E-state index in [0.29, 0.717) is 21.9 Å². The van der Waals surface area contributed by atoms with Gasteiger partial charge in [0, 0.05) is 10.2 Å². The van der Waals surface area contributed by atoms with Crippen LogP contribution in [0.1, 0.15) is 11.4 Å². The van der Waals surface area contributed by atoms with E-state index in [1.165, 1.54) is 0 Å². The van der Waals surface area contributed by atoms with Crippen LogP contribution in [0, 0.1) is 11.3 Å². The molecule has 0 aliphatic carbocycles. The summed E-state index contributed by atoms with van der Waals surface area (Å²) in [6.07, 6.45) is 0. The van der Waals surface area contributed by atoms with E-state index in [2.05, 4.69) is 27.0 Å². The lowest BCUT2D eigenvalue weighted by Gasteiger charge is -2.09. The summed E-state index contributed by atoms with van der Waals surface area (Å²) in [5.74, 6) is 0.934. The Morgan fingerprint density at radius 2 is 2.10 bits per heavy atom. The summed E-state index contributed by atoms with van der Waals surface area (Å²) >= 11 is 15.5. The van der Waals surface area contributed by atoms with E-state index >= 15 is 0 Å². The highest BCUT2D eigenvalue weighted by molar-refractivity contribution is 9.10. The van der Waals surface area contributed by atoms with Crippen LogP contribution in [0.25, 0.3) is 16.7 Å². The number of halogens is 3. The van der Waals surface area contributed by atoms with Crippen LogP contribution in [0.15, 0.2) is 40.9 Å². The molecule has 104 valence electrons. The van der Waals surface area contributed by atoms with Gasteiger partial charge in [-0.05, 0) is 46.3 Å². The Morgan fingerprint density at radius 1 is 1.29 bits per heavy atom. The number of para-hydroxylation sites is 1. The summed E-state index contributed by atoms with van der Waals surface area (Å²) < 4.78 is 2.73. The van der Waals surface area contributed by atoms with Crippen molar-refractivity contribution in [3.63, 3.8) is 0 Å². The lowest BCUT2D eigenvalue weighted by molar-refractivity contribution is 0.981. The van der Waals surface area contributed by atoms with E-state index in [1.807, 2.05) is 28.8 Å². The fraction of sp³-hybridized carbons (Fsp3) is 0.0667. The Labute approximate surface area is 139 Å². The Morgan fingerprint density at radius 3 is 2.76 bits per heavy atom. The van der Waals surface area contributed by atoms with Crippen LogP contribution >= 0.6 is 39.1 Å². The molecule has 0 radical (unpaired) electrons. The molecule has 3 rings (SSSR count). The predicted octanol–water partition coefficient (Wildman–Crippen LogP) is 5.05. The molecule has 0 bridgehead atoms. The number of alkyl halides is 1. The highest BCUT2D eigenvalue weighted by Crippen LogP contribution is 2.29. The van der Waals surface area contributed by atoms with Crippen LogP contribution in [-0.2, 0) is 5.88 Å². The second kappa shape index (κ2) is 5.69. The largest absolute Gasteiger partial charge is 0.295 e. The van der Waals surface area contributed by atoms with Gasteiger partial charge in [0.05, 0.1) is 22.0 Å². The van der Waals surface area contributed by atoms with Crippen molar-refractivity contribution in [1.82, 2.24) is 9.55 Å². The molecule has 1 aromatic heterocycles. The third-order valence-corrected chi connectivity index (χ3v) is 4.61. The minimum Gasteiger partial charge on any atom is -0.295 e. The van der Waals surface area contributed by atoms with Crippen molar-refractivity contribution in [2.24, 2.45) is 0 Å². The van der Waals surface area contributed by atoms with Crippen LogP contribution < -0.4 is 0 Å². The van der Waals surface area contributed by atoms with Gasteiger partial charge in [0.15, 0.2) is 0 Å². The maximum atomic E-state index is 9.20. The lowest BCUT2D eigenvalue weighted by Crippen LogP contribution is -1.99. The molecular formula is C15H8BrCl2N3. The Balaban J connectivity index is 2.35. The Kier molecular flexibility index (Phi) is 3.90. The quantitative estimate of drug-likeness (QED) is 0.583. The van der Waals surface area contributed by atoms with Gasteiger partial charge < -0.3 is 0 Å². The van der Waals surface area contributed by atoms with Crippen LogP contribution in [0.4, 0.5) is 0 Å². The van der Waals surface area contributed by atoms with Gasteiger partial charge in [-0.15, -0.1) is 11.6 Å². The van der Waals surface area contributed by atoms with Gasteiger partial charge in [0.25, 0.3) is 0 Å². The van der Waals surface area contributed by atoms with Crippen LogP contribution in [0.3, 0.4) is 0 Å². The minimum absolute atomic E-state index is 0.250. The minimum atomic E-state index is 0.250. The first kappa shape index (κ1) is 14.4. The van der Waals surface area contributed by atoms with Crippen molar-refractivity contribution in [1.29, 1.82) is 5.26 Å². The van der Waals surface area contributed by atoms with Gasteiger partial charge in [-0.25, -0.2) is 4.98 Å². The zero-order valence-corrected chi connectivity index (χ0v) is 13.7. The van der Waals surface area contributed by atoms with Crippen molar-refractivity contribution < 1.29 is 0 Å². The number of hydrogen-bond donors (Lipinski definition) is 0. The molecule has 0 aliphatic heterocycles. The number of nitrogens with zero attached hydrogens (tertiary/aromatic N) is 3. The van der Waals surface area contributed by atoms with Gasteiger partial charge >= 0.3 is 0 Å². The van der Waals surface area contributed by atoms with E-state index in [4.69, 9.17) is 23.2 Å². The second-order valence-corrected chi connectivity index (χ2v) is 5.91. The summed E-state index contributed by atoms with van der Waals surface area (Å²) in [4.78, 5) is 4.49. The highest BCUT2D eigenvalue weighted by atomic mass is 79.9. The first-order valence-corrected chi connectivity index (χ1v) is 7.78. The van der Waals surface area contributed by atoms with Gasteiger partial charge in [-0.1, -0.05) is 17.7 Å². The monoisotopic (exact) mass is 379 g/mol. The van der Waals surface area contributed by atoms with E-state index < -0.39 is 0 Å². The molecular weight excluding hydrogens is 373 g/mol. The van der Waals surface area contributed by atoms with Gasteiger partial charge in [-0.3, -0.25) is 4.57 Å². The third kappa shape index (κ3) is 2.42. The molecule has 2 aromatic carbocycles. The molecule has 6 heteroatoms. The molecule has 3 aromatic rings. The van der Waals surface area contributed by atoms with E-state index in [-0.39, 0.29) is 5.88 Å².